The fraction of sp³-hybridized carbons (Fsp3) is 0.0769. The van der Waals surface area contributed by atoms with E-state index in [1.54, 1.807) is 0 Å². The third kappa shape index (κ3) is 3.12. The normalized spacial score (nSPS) is 10.3. The molecule has 0 spiro atoms. The Hall–Kier alpha value is -1.99. The lowest BCUT2D eigenvalue weighted by Crippen LogP contribution is -1.93. The van der Waals surface area contributed by atoms with E-state index in [1.165, 1.54) is 30.3 Å². The molecule has 0 amide bonds. The lowest BCUT2D eigenvalue weighted by Gasteiger charge is -2.09. The molecule has 0 radical (unpaired) electrons. The van der Waals surface area contributed by atoms with Gasteiger partial charge in [-0.25, -0.2) is 4.39 Å². The molecule has 2 aromatic carbocycles. The number of hydrogen-bond acceptors (Lipinski definition) is 4. The Morgan fingerprint density at radius 2 is 2.00 bits per heavy atom. The topological polar surface area (TPSA) is 72.6 Å². The van der Waals surface area contributed by atoms with Crippen molar-refractivity contribution in [2.45, 2.75) is 6.61 Å². The van der Waals surface area contributed by atoms with Crippen molar-refractivity contribution in [2.24, 2.45) is 0 Å². The van der Waals surface area contributed by atoms with Gasteiger partial charge in [0, 0.05) is 6.07 Å². The summed E-state index contributed by atoms with van der Waals surface area (Å²) < 4.78 is 19.5. The molecule has 5 nitrogen and oxygen atoms in total. The minimum Gasteiger partial charge on any atom is -0.453 e. The van der Waals surface area contributed by atoms with Crippen LogP contribution in [0.2, 0.25) is 0 Å². The van der Waals surface area contributed by atoms with Gasteiger partial charge in [0.1, 0.15) is 5.75 Å². The van der Waals surface area contributed by atoms with Crippen molar-refractivity contribution in [3.05, 3.63) is 62.4 Å². The maximum Gasteiger partial charge on any atom is 0.273 e. The zero-order valence-electron chi connectivity index (χ0n) is 10.0. The first-order valence-electron chi connectivity index (χ1n) is 5.52. The maximum absolute atomic E-state index is 13.7. The standard InChI is InChI=1S/C13H9BrFNO4/c14-10-3-2-9(16(18)19)6-13(10)20-12-4-1-8(7-17)5-11(12)15/h1-6,17H,7H2. The molecule has 0 saturated carbocycles. The Morgan fingerprint density at radius 3 is 2.60 bits per heavy atom. The Morgan fingerprint density at radius 1 is 1.25 bits per heavy atom. The van der Waals surface area contributed by atoms with Gasteiger partial charge in [0.25, 0.3) is 5.69 Å². The summed E-state index contributed by atoms with van der Waals surface area (Å²) >= 11 is 3.18. The predicted molar refractivity (Wildman–Crippen MR) is 73.2 cm³/mol. The molecule has 0 atom stereocenters. The van der Waals surface area contributed by atoms with Crippen molar-refractivity contribution in [3.63, 3.8) is 0 Å². The van der Waals surface area contributed by atoms with Gasteiger partial charge in [-0.3, -0.25) is 10.1 Å². The average molecular weight is 342 g/mol. The summed E-state index contributed by atoms with van der Waals surface area (Å²) in [4.78, 5) is 10.1. The van der Waals surface area contributed by atoms with E-state index in [4.69, 9.17) is 9.84 Å². The molecular weight excluding hydrogens is 333 g/mol. The molecule has 0 aliphatic heterocycles. The third-order valence-electron chi connectivity index (χ3n) is 2.52. The van der Waals surface area contributed by atoms with E-state index in [9.17, 15) is 14.5 Å². The van der Waals surface area contributed by atoms with Crippen LogP contribution in [-0.4, -0.2) is 10.0 Å². The van der Waals surface area contributed by atoms with Crippen molar-refractivity contribution in [2.75, 3.05) is 0 Å². The highest BCUT2D eigenvalue weighted by Crippen LogP contribution is 2.34. The number of rotatable bonds is 4. The maximum atomic E-state index is 13.7. The Labute approximate surface area is 121 Å². The third-order valence-corrected chi connectivity index (χ3v) is 3.18. The smallest absolute Gasteiger partial charge is 0.273 e. The highest BCUT2D eigenvalue weighted by molar-refractivity contribution is 9.10. The molecular formula is C13H9BrFNO4. The molecule has 0 saturated heterocycles. The van der Waals surface area contributed by atoms with Crippen LogP contribution in [0, 0.1) is 15.9 Å². The molecule has 104 valence electrons. The number of non-ortho nitro benzene ring substituents is 1. The van der Waals surface area contributed by atoms with Crippen LogP contribution in [-0.2, 0) is 6.61 Å². The molecule has 2 aromatic rings. The predicted octanol–water partition coefficient (Wildman–Crippen LogP) is 3.78. The summed E-state index contributed by atoms with van der Waals surface area (Å²) in [6.45, 7) is -0.280. The lowest BCUT2D eigenvalue weighted by molar-refractivity contribution is -0.384. The van der Waals surface area contributed by atoms with Gasteiger partial charge < -0.3 is 9.84 Å². The molecule has 0 aliphatic rings. The van der Waals surface area contributed by atoms with Crippen molar-refractivity contribution in [1.82, 2.24) is 0 Å². The number of halogens is 2. The summed E-state index contributed by atoms with van der Waals surface area (Å²) in [5, 5.41) is 19.6. The van der Waals surface area contributed by atoms with Crippen LogP contribution in [0.5, 0.6) is 11.5 Å². The summed E-state index contributed by atoms with van der Waals surface area (Å²) in [6.07, 6.45) is 0. The van der Waals surface area contributed by atoms with Gasteiger partial charge >= 0.3 is 0 Å². The number of aliphatic hydroxyl groups excluding tert-OH is 1. The van der Waals surface area contributed by atoms with Gasteiger partial charge in [0.05, 0.1) is 22.1 Å². The molecule has 20 heavy (non-hydrogen) atoms. The van der Waals surface area contributed by atoms with E-state index in [0.717, 1.165) is 6.07 Å². The molecule has 7 heteroatoms. The van der Waals surface area contributed by atoms with Crippen molar-refractivity contribution >= 4 is 21.6 Å². The van der Waals surface area contributed by atoms with Crippen LogP contribution in [0.3, 0.4) is 0 Å². The SMILES string of the molecule is O=[N+]([O-])c1ccc(Br)c(Oc2ccc(CO)cc2F)c1. The largest absolute Gasteiger partial charge is 0.453 e. The number of nitrogens with zero attached hydrogens (tertiary/aromatic N) is 1. The first-order valence-corrected chi connectivity index (χ1v) is 6.31. The molecule has 0 aliphatic carbocycles. The fourth-order valence-corrected chi connectivity index (χ4v) is 1.86. The molecule has 0 aromatic heterocycles. The van der Waals surface area contributed by atoms with Crippen LogP contribution in [0.1, 0.15) is 5.56 Å². The summed E-state index contributed by atoms with van der Waals surface area (Å²) in [5.41, 5.74) is 0.253. The number of hydrogen-bond donors (Lipinski definition) is 1. The van der Waals surface area contributed by atoms with E-state index in [2.05, 4.69) is 15.9 Å². The van der Waals surface area contributed by atoms with E-state index in [-0.39, 0.29) is 23.8 Å². The first-order chi connectivity index (χ1) is 9.51. The number of benzene rings is 2. The molecule has 1 N–H and O–H groups in total. The number of nitro benzene ring substituents is 1. The summed E-state index contributed by atoms with van der Waals surface area (Å²) in [5.74, 6) is -0.604. The zero-order chi connectivity index (χ0) is 14.7. The lowest BCUT2D eigenvalue weighted by atomic mass is 10.2. The second kappa shape index (κ2) is 5.98. The molecule has 2 rings (SSSR count). The zero-order valence-corrected chi connectivity index (χ0v) is 11.6. The van der Waals surface area contributed by atoms with Crippen molar-refractivity contribution in [3.8, 4) is 11.5 Å². The Kier molecular flexibility index (Phi) is 4.31. The van der Waals surface area contributed by atoms with Gasteiger partial charge in [-0.15, -0.1) is 0 Å². The minimum atomic E-state index is -0.657. The summed E-state index contributed by atoms with van der Waals surface area (Å²) in [6, 6.07) is 7.95. The quantitative estimate of drug-likeness (QED) is 0.678. The minimum absolute atomic E-state index is 0.0802. The Bertz CT molecular complexity index is 663. The van der Waals surface area contributed by atoms with Gasteiger partial charge in [0.15, 0.2) is 11.6 Å². The molecule has 0 unspecified atom stereocenters. The van der Waals surface area contributed by atoms with Gasteiger partial charge in [0.2, 0.25) is 0 Å². The van der Waals surface area contributed by atoms with Gasteiger partial charge in [-0.2, -0.15) is 0 Å². The van der Waals surface area contributed by atoms with E-state index in [1.807, 2.05) is 0 Å². The highest BCUT2D eigenvalue weighted by atomic mass is 79.9. The average Bonchev–Trinajstić information content (AvgIpc) is 2.42. The van der Waals surface area contributed by atoms with Crippen molar-refractivity contribution in [1.29, 1.82) is 0 Å². The first kappa shape index (κ1) is 14.4. The van der Waals surface area contributed by atoms with E-state index >= 15 is 0 Å². The van der Waals surface area contributed by atoms with Gasteiger partial charge in [-0.05, 0) is 39.7 Å². The monoisotopic (exact) mass is 341 g/mol. The molecule has 0 fully saturated rings. The van der Waals surface area contributed by atoms with E-state index in [0.29, 0.717) is 10.0 Å². The molecule has 0 heterocycles. The van der Waals surface area contributed by atoms with Crippen LogP contribution >= 0.6 is 15.9 Å². The van der Waals surface area contributed by atoms with Crippen LogP contribution in [0.25, 0.3) is 0 Å². The second-order valence-electron chi connectivity index (χ2n) is 3.90. The van der Waals surface area contributed by atoms with E-state index < -0.39 is 10.7 Å². The fourth-order valence-electron chi connectivity index (χ4n) is 1.53. The highest BCUT2D eigenvalue weighted by Gasteiger charge is 2.13. The molecule has 0 bridgehead atoms. The number of nitro groups is 1. The second-order valence-corrected chi connectivity index (χ2v) is 4.75. The Balaban J connectivity index is 2.34. The van der Waals surface area contributed by atoms with Crippen molar-refractivity contribution < 1.29 is 19.2 Å². The number of ether oxygens (including phenoxy) is 1. The number of aliphatic hydroxyl groups is 1. The van der Waals surface area contributed by atoms with Crippen LogP contribution < -0.4 is 4.74 Å². The van der Waals surface area contributed by atoms with Crippen LogP contribution in [0.15, 0.2) is 40.9 Å². The van der Waals surface area contributed by atoms with Gasteiger partial charge in [-0.1, -0.05) is 6.07 Å². The summed E-state index contributed by atoms with van der Waals surface area (Å²) in [7, 11) is 0. The van der Waals surface area contributed by atoms with Crippen LogP contribution in [0.4, 0.5) is 10.1 Å².